The summed E-state index contributed by atoms with van der Waals surface area (Å²) in [5, 5.41) is 4.68. The molecule has 1 heterocycles. The van der Waals surface area contributed by atoms with E-state index >= 15 is 0 Å². The molecule has 0 bridgehead atoms. The van der Waals surface area contributed by atoms with Crippen LogP contribution in [0.15, 0.2) is 36.4 Å². The third-order valence-electron chi connectivity index (χ3n) is 3.24. The van der Waals surface area contributed by atoms with Crippen molar-refractivity contribution in [1.82, 2.24) is 10.3 Å². The highest BCUT2D eigenvalue weighted by atomic mass is 14.9. The molecule has 98 valence electrons. The van der Waals surface area contributed by atoms with Gasteiger partial charge >= 0.3 is 0 Å². The van der Waals surface area contributed by atoms with Crippen LogP contribution in [0, 0.1) is 12.3 Å². The Morgan fingerprint density at radius 3 is 2.89 bits per heavy atom. The van der Waals surface area contributed by atoms with E-state index in [2.05, 4.69) is 42.4 Å². The van der Waals surface area contributed by atoms with Crippen LogP contribution in [0.5, 0.6) is 0 Å². The van der Waals surface area contributed by atoms with Crippen molar-refractivity contribution in [3.63, 3.8) is 0 Å². The fraction of sp³-hybridized carbons (Fsp3) is 0.353. The van der Waals surface area contributed by atoms with E-state index in [4.69, 9.17) is 11.4 Å². The first-order valence-electron chi connectivity index (χ1n) is 6.87. The first kappa shape index (κ1) is 13.6. The van der Waals surface area contributed by atoms with Crippen LogP contribution < -0.4 is 5.32 Å². The van der Waals surface area contributed by atoms with Crippen molar-refractivity contribution < 1.29 is 0 Å². The lowest BCUT2D eigenvalue weighted by Crippen LogP contribution is -2.21. The van der Waals surface area contributed by atoms with Crippen molar-refractivity contribution in [2.24, 2.45) is 0 Å². The number of hydrogen-bond acceptors (Lipinski definition) is 2. The number of fused-ring (bicyclic) bond motifs is 1. The van der Waals surface area contributed by atoms with Crippen molar-refractivity contribution in [3.05, 3.63) is 42.1 Å². The van der Waals surface area contributed by atoms with E-state index < -0.39 is 0 Å². The molecule has 1 N–H and O–H groups in total. The zero-order chi connectivity index (χ0) is 13.5. The van der Waals surface area contributed by atoms with Gasteiger partial charge in [0.15, 0.2) is 0 Å². The number of nitrogens with zero attached hydrogens (tertiary/aromatic N) is 1. The second-order valence-corrected chi connectivity index (χ2v) is 4.64. The molecular weight excluding hydrogens is 232 g/mol. The number of hydrogen-bond donors (Lipinski definition) is 1. The summed E-state index contributed by atoms with van der Waals surface area (Å²) in [7, 11) is 0. The van der Waals surface area contributed by atoms with Gasteiger partial charge < -0.3 is 5.32 Å². The Labute approximate surface area is 115 Å². The lowest BCUT2D eigenvalue weighted by molar-refractivity contribution is 0.492. The van der Waals surface area contributed by atoms with Gasteiger partial charge in [-0.3, -0.25) is 4.98 Å². The highest BCUT2D eigenvalue weighted by molar-refractivity contribution is 5.78. The molecule has 2 aromatic rings. The summed E-state index contributed by atoms with van der Waals surface area (Å²) in [4.78, 5) is 4.76. The van der Waals surface area contributed by atoms with Gasteiger partial charge in [0.05, 0.1) is 11.2 Å². The Morgan fingerprint density at radius 2 is 2.11 bits per heavy atom. The van der Waals surface area contributed by atoms with E-state index in [1.54, 1.807) is 0 Å². The summed E-state index contributed by atoms with van der Waals surface area (Å²) in [5.41, 5.74) is 2.16. The number of rotatable bonds is 6. The summed E-state index contributed by atoms with van der Waals surface area (Å²) < 4.78 is 0. The number of benzene rings is 1. The van der Waals surface area contributed by atoms with E-state index in [0.29, 0.717) is 6.04 Å². The maximum Gasteiger partial charge on any atom is 0.0706 e. The Hall–Kier alpha value is -1.85. The van der Waals surface area contributed by atoms with Gasteiger partial charge in [-0.25, -0.2) is 0 Å². The Balaban J connectivity index is 2.20. The largest absolute Gasteiger partial charge is 0.309 e. The van der Waals surface area contributed by atoms with Crippen LogP contribution in [0.3, 0.4) is 0 Å². The number of pyridine rings is 1. The van der Waals surface area contributed by atoms with Crippen LogP contribution in [0.25, 0.3) is 10.9 Å². The third-order valence-corrected chi connectivity index (χ3v) is 3.24. The molecule has 0 saturated carbocycles. The van der Waals surface area contributed by atoms with Crippen LogP contribution in [0.4, 0.5) is 0 Å². The maximum absolute atomic E-state index is 5.32. The topological polar surface area (TPSA) is 24.9 Å². The van der Waals surface area contributed by atoms with Crippen molar-refractivity contribution in [2.75, 3.05) is 6.54 Å². The predicted molar refractivity (Wildman–Crippen MR) is 80.8 cm³/mol. The second kappa shape index (κ2) is 6.92. The van der Waals surface area contributed by atoms with Gasteiger partial charge in [-0.15, -0.1) is 12.3 Å². The van der Waals surface area contributed by atoms with Gasteiger partial charge in [0.1, 0.15) is 0 Å². The molecule has 0 radical (unpaired) electrons. The van der Waals surface area contributed by atoms with E-state index in [1.165, 1.54) is 5.39 Å². The molecule has 0 aliphatic carbocycles. The second-order valence-electron chi connectivity index (χ2n) is 4.64. The zero-order valence-electron chi connectivity index (χ0n) is 11.4. The molecule has 0 spiro atoms. The van der Waals surface area contributed by atoms with Crippen molar-refractivity contribution >= 4 is 10.9 Å². The van der Waals surface area contributed by atoms with Crippen molar-refractivity contribution in [1.29, 1.82) is 0 Å². The number of aromatic nitrogens is 1. The smallest absolute Gasteiger partial charge is 0.0706 e. The van der Waals surface area contributed by atoms with Crippen molar-refractivity contribution in [2.45, 2.75) is 32.2 Å². The lowest BCUT2D eigenvalue weighted by Gasteiger charge is -2.17. The van der Waals surface area contributed by atoms with E-state index in [0.717, 1.165) is 37.0 Å². The number of unbranched alkanes of at least 4 members (excludes halogenated alkanes) is 1. The average Bonchev–Trinajstić information content (AvgIpc) is 2.46. The Kier molecular flexibility index (Phi) is 4.94. The number of para-hydroxylation sites is 1. The Bertz CT molecular complexity index is 569. The van der Waals surface area contributed by atoms with Crippen LogP contribution >= 0.6 is 0 Å². The summed E-state index contributed by atoms with van der Waals surface area (Å²) in [6.07, 6.45) is 8.21. The summed E-state index contributed by atoms with van der Waals surface area (Å²) in [6.45, 7) is 3.06. The minimum absolute atomic E-state index is 0.294. The third kappa shape index (κ3) is 3.56. The number of terminal acetylenes is 1. The van der Waals surface area contributed by atoms with E-state index in [9.17, 15) is 0 Å². The quantitative estimate of drug-likeness (QED) is 0.626. The van der Waals surface area contributed by atoms with Gasteiger partial charge in [-0.1, -0.05) is 31.2 Å². The summed E-state index contributed by atoms with van der Waals surface area (Å²) >= 11 is 0. The molecule has 1 atom stereocenters. The molecule has 1 unspecified atom stereocenters. The predicted octanol–water partition coefficient (Wildman–Crippen LogP) is 3.69. The standard InChI is InChI=1S/C17H20N2/c1-3-5-6-11-16(18-4-2)17-13-12-14-9-7-8-10-15(14)19-17/h1,7-10,12-13,16,18H,4-6,11H2,2H3. The molecule has 0 saturated heterocycles. The van der Waals surface area contributed by atoms with Crippen molar-refractivity contribution in [3.8, 4) is 12.3 Å². The zero-order valence-corrected chi connectivity index (χ0v) is 11.4. The molecule has 1 aromatic heterocycles. The van der Waals surface area contributed by atoms with Crippen LogP contribution in [0.2, 0.25) is 0 Å². The molecule has 2 heteroatoms. The SMILES string of the molecule is C#CCCCC(NCC)c1ccc2ccccc2n1. The maximum atomic E-state index is 5.32. The van der Waals surface area contributed by atoms with E-state index in [-0.39, 0.29) is 0 Å². The molecule has 0 aliphatic heterocycles. The minimum Gasteiger partial charge on any atom is -0.309 e. The fourth-order valence-electron chi connectivity index (χ4n) is 2.29. The molecule has 19 heavy (non-hydrogen) atoms. The van der Waals surface area contributed by atoms with Gasteiger partial charge in [0, 0.05) is 17.8 Å². The molecule has 0 fully saturated rings. The highest BCUT2D eigenvalue weighted by Gasteiger charge is 2.11. The lowest BCUT2D eigenvalue weighted by atomic mass is 10.0. The minimum atomic E-state index is 0.294. The van der Waals surface area contributed by atoms with Crippen LogP contribution in [-0.4, -0.2) is 11.5 Å². The summed E-state index contributed by atoms with van der Waals surface area (Å²) in [5.74, 6) is 2.70. The normalized spacial score (nSPS) is 12.2. The number of nitrogens with one attached hydrogen (secondary N) is 1. The molecule has 2 rings (SSSR count). The van der Waals surface area contributed by atoms with Gasteiger partial charge in [-0.2, -0.15) is 0 Å². The van der Waals surface area contributed by atoms with Crippen LogP contribution in [0.1, 0.15) is 37.9 Å². The highest BCUT2D eigenvalue weighted by Crippen LogP contribution is 2.20. The van der Waals surface area contributed by atoms with Gasteiger partial charge in [-0.05, 0) is 31.5 Å². The fourth-order valence-corrected chi connectivity index (χ4v) is 2.29. The van der Waals surface area contributed by atoms with Gasteiger partial charge in [0.2, 0.25) is 0 Å². The molecule has 0 aliphatic rings. The average molecular weight is 252 g/mol. The van der Waals surface area contributed by atoms with Gasteiger partial charge in [0.25, 0.3) is 0 Å². The molecule has 2 nitrogen and oxygen atoms in total. The summed E-state index contributed by atoms with van der Waals surface area (Å²) in [6, 6.07) is 12.8. The first-order chi connectivity index (χ1) is 9.35. The monoisotopic (exact) mass is 252 g/mol. The first-order valence-corrected chi connectivity index (χ1v) is 6.87. The molecular formula is C17H20N2. The molecule has 1 aromatic carbocycles. The molecule has 0 amide bonds. The van der Waals surface area contributed by atoms with E-state index in [1.807, 2.05) is 12.1 Å². The van der Waals surface area contributed by atoms with Crippen LogP contribution in [-0.2, 0) is 0 Å². The Morgan fingerprint density at radius 1 is 1.26 bits per heavy atom.